The molecule has 1 heterocycles. The molecule has 0 saturated carbocycles. The molecule has 0 N–H and O–H groups in total. The molecule has 5 nitrogen and oxygen atoms in total. The Morgan fingerprint density at radius 2 is 1.92 bits per heavy atom. The summed E-state index contributed by atoms with van der Waals surface area (Å²) in [5.74, 6) is -0.764. The van der Waals surface area contributed by atoms with E-state index in [1.54, 1.807) is 17.0 Å². The zero-order valence-corrected chi connectivity index (χ0v) is 15.8. The largest absolute Gasteiger partial charge is 0.456 e. The summed E-state index contributed by atoms with van der Waals surface area (Å²) in [6, 6.07) is 6.56. The fraction of sp³-hybridized carbons (Fsp3) is 0.526. The maximum atomic E-state index is 12.5. The number of benzene rings is 1. The number of piperidine rings is 1. The third kappa shape index (κ3) is 5.08. The zero-order chi connectivity index (χ0) is 18.4. The molecule has 1 aliphatic rings. The lowest BCUT2D eigenvalue weighted by Crippen LogP contribution is -2.51. The van der Waals surface area contributed by atoms with Gasteiger partial charge >= 0.3 is 5.97 Å². The Morgan fingerprint density at radius 1 is 1.24 bits per heavy atom. The van der Waals surface area contributed by atoms with Crippen molar-refractivity contribution >= 4 is 29.4 Å². The van der Waals surface area contributed by atoms with Gasteiger partial charge in [0, 0.05) is 12.1 Å². The Labute approximate surface area is 153 Å². The molecule has 0 bridgehead atoms. The van der Waals surface area contributed by atoms with Gasteiger partial charge in [-0.15, -0.1) is 0 Å². The maximum Gasteiger partial charge on any atom is 0.329 e. The van der Waals surface area contributed by atoms with Crippen LogP contribution in [0.15, 0.2) is 24.3 Å². The minimum atomic E-state index is -0.582. The van der Waals surface area contributed by atoms with E-state index in [1.807, 2.05) is 32.2 Å². The van der Waals surface area contributed by atoms with Crippen molar-refractivity contribution in [3.05, 3.63) is 35.4 Å². The number of hydrogen-bond acceptors (Lipinski definition) is 5. The summed E-state index contributed by atoms with van der Waals surface area (Å²) in [4.78, 5) is 38.7. The van der Waals surface area contributed by atoms with Gasteiger partial charge in [-0.2, -0.15) is 11.8 Å². The van der Waals surface area contributed by atoms with Gasteiger partial charge in [-0.25, -0.2) is 4.79 Å². The van der Waals surface area contributed by atoms with Crippen LogP contribution in [-0.4, -0.2) is 53.3 Å². The van der Waals surface area contributed by atoms with Crippen LogP contribution >= 0.6 is 11.8 Å². The van der Waals surface area contributed by atoms with E-state index >= 15 is 0 Å². The summed E-state index contributed by atoms with van der Waals surface area (Å²) in [6.07, 6.45) is 4.23. The molecule has 1 fully saturated rings. The van der Waals surface area contributed by atoms with E-state index < -0.39 is 12.0 Å². The van der Waals surface area contributed by atoms with E-state index in [-0.39, 0.29) is 23.5 Å². The van der Waals surface area contributed by atoms with Gasteiger partial charge in [-0.05, 0) is 39.4 Å². The monoisotopic (exact) mass is 363 g/mol. The molecule has 2 unspecified atom stereocenters. The Kier molecular flexibility index (Phi) is 7.05. The number of ether oxygens (including phenoxy) is 1. The Hall–Kier alpha value is -1.82. The number of likely N-dealkylation sites (tertiary alicyclic amines) is 1. The summed E-state index contributed by atoms with van der Waals surface area (Å²) < 4.78 is 5.23. The number of hydrogen-bond donors (Lipinski definition) is 0. The minimum Gasteiger partial charge on any atom is -0.456 e. The first-order valence-corrected chi connectivity index (χ1v) is 9.82. The fourth-order valence-corrected chi connectivity index (χ4v) is 3.17. The number of rotatable bonds is 6. The highest BCUT2D eigenvalue weighted by atomic mass is 32.2. The molecule has 1 amide bonds. The smallest absolute Gasteiger partial charge is 0.329 e. The summed E-state index contributed by atoms with van der Waals surface area (Å²) in [5, 5.41) is -0.192. The number of nitrogens with zero attached hydrogens (tertiary/aromatic N) is 1. The van der Waals surface area contributed by atoms with E-state index in [0.29, 0.717) is 18.5 Å². The second kappa shape index (κ2) is 9.04. The Bertz CT molecular complexity index is 629. The van der Waals surface area contributed by atoms with Gasteiger partial charge in [0.15, 0.2) is 12.4 Å². The summed E-state index contributed by atoms with van der Waals surface area (Å²) in [6.45, 7) is 4.05. The van der Waals surface area contributed by atoms with Crippen LogP contribution in [0, 0.1) is 6.92 Å². The molecule has 6 heteroatoms. The topological polar surface area (TPSA) is 63.7 Å². The SMILES string of the molecule is CSC(C)C(=O)N1CCCCC1C(=O)OCC(=O)c1ccc(C)cc1. The standard InChI is InChI=1S/C19H25NO4S/c1-13-7-9-15(10-8-13)17(21)12-24-19(23)16-6-4-5-11-20(16)18(22)14(2)25-3/h7-10,14,16H,4-6,11-12H2,1-3H3. The third-order valence-corrected chi connectivity index (χ3v) is 5.39. The van der Waals surface area contributed by atoms with Crippen LogP contribution in [-0.2, 0) is 14.3 Å². The molecule has 1 aliphatic heterocycles. The number of carbonyl (C=O) groups is 3. The van der Waals surface area contributed by atoms with Crippen LogP contribution in [0.1, 0.15) is 42.1 Å². The average Bonchev–Trinajstić information content (AvgIpc) is 2.65. The van der Waals surface area contributed by atoms with E-state index in [9.17, 15) is 14.4 Å². The molecule has 0 spiro atoms. The highest BCUT2D eigenvalue weighted by Crippen LogP contribution is 2.22. The average molecular weight is 363 g/mol. The molecular formula is C19H25NO4S. The van der Waals surface area contributed by atoms with Crippen molar-refractivity contribution < 1.29 is 19.1 Å². The molecule has 1 saturated heterocycles. The fourth-order valence-electron chi connectivity index (χ4n) is 2.83. The second-order valence-corrected chi connectivity index (χ2v) is 7.50. The van der Waals surface area contributed by atoms with Crippen LogP contribution < -0.4 is 0 Å². The predicted octanol–water partition coefficient (Wildman–Crippen LogP) is 2.85. The van der Waals surface area contributed by atoms with E-state index in [0.717, 1.165) is 18.4 Å². The second-order valence-electron chi connectivity index (χ2n) is 6.32. The first kappa shape index (κ1) is 19.5. The number of ketones is 1. The van der Waals surface area contributed by atoms with Gasteiger partial charge in [0.05, 0.1) is 5.25 Å². The summed E-state index contributed by atoms with van der Waals surface area (Å²) in [5.41, 5.74) is 1.58. The minimum absolute atomic E-state index is 0.0426. The van der Waals surface area contributed by atoms with Crippen molar-refractivity contribution in [2.45, 2.75) is 44.4 Å². The molecule has 2 atom stereocenters. The van der Waals surface area contributed by atoms with E-state index in [4.69, 9.17) is 4.74 Å². The number of esters is 1. The van der Waals surface area contributed by atoms with Crippen LogP contribution in [0.4, 0.5) is 0 Å². The van der Waals surface area contributed by atoms with Crippen LogP contribution in [0.25, 0.3) is 0 Å². The molecule has 0 radical (unpaired) electrons. The first-order valence-electron chi connectivity index (χ1n) is 8.54. The Morgan fingerprint density at radius 3 is 2.56 bits per heavy atom. The maximum absolute atomic E-state index is 12.5. The predicted molar refractivity (Wildman–Crippen MR) is 98.8 cm³/mol. The number of aryl methyl sites for hydroxylation is 1. The van der Waals surface area contributed by atoms with Gasteiger partial charge in [0.1, 0.15) is 6.04 Å². The summed E-state index contributed by atoms with van der Waals surface area (Å²) in [7, 11) is 0. The van der Waals surface area contributed by atoms with Crippen molar-refractivity contribution in [1.29, 1.82) is 0 Å². The first-order chi connectivity index (χ1) is 11.9. The highest BCUT2D eigenvalue weighted by molar-refractivity contribution is 7.99. The lowest BCUT2D eigenvalue weighted by atomic mass is 10.0. The van der Waals surface area contributed by atoms with Gasteiger partial charge in [-0.1, -0.05) is 29.8 Å². The molecule has 1 aromatic rings. The highest BCUT2D eigenvalue weighted by Gasteiger charge is 2.35. The molecule has 0 aliphatic carbocycles. The zero-order valence-electron chi connectivity index (χ0n) is 15.0. The van der Waals surface area contributed by atoms with Gasteiger partial charge in [0.25, 0.3) is 0 Å². The van der Waals surface area contributed by atoms with Gasteiger partial charge in [0.2, 0.25) is 5.91 Å². The van der Waals surface area contributed by atoms with Crippen molar-refractivity contribution in [1.82, 2.24) is 4.90 Å². The van der Waals surface area contributed by atoms with Gasteiger partial charge < -0.3 is 9.64 Å². The van der Waals surface area contributed by atoms with Gasteiger partial charge in [-0.3, -0.25) is 9.59 Å². The van der Waals surface area contributed by atoms with Crippen LogP contribution in [0.5, 0.6) is 0 Å². The van der Waals surface area contributed by atoms with E-state index in [1.165, 1.54) is 11.8 Å². The molecule has 136 valence electrons. The van der Waals surface area contributed by atoms with E-state index in [2.05, 4.69) is 0 Å². The summed E-state index contributed by atoms with van der Waals surface area (Å²) >= 11 is 1.46. The molecular weight excluding hydrogens is 338 g/mol. The van der Waals surface area contributed by atoms with Crippen LogP contribution in [0.2, 0.25) is 0 Å². The van der Waals surface area contributed by atoms with Crippen molar-refractivity contribution in [3.63, 3.8) is 0 Å². The number of thioether (sulfide) groups is 1. The van der Waals surface area contributed by atoms with Crippen molar-refractivity contribution in [2.24, 2.45) is 0 Å². The third-order valence-electron chi connectivity index (χ3n) is 4.48. The molecule has 25 heavy (non-hydrogen) atoms. The Balaban J connectivity index is 1.96. The molecule has 1 aromatic carbocycles. The lowest BCUT2D eigenvalue weighted by Gasteiger charge is -2.35. The number of carbonyl (C=O) groups excluding carboxylic acids is 3. The van der Waals surface area contributed by atoms with Crippen molar-refractivity contribution in [3.8, 4) is 0 Å². The molecule has 2 rings (SSSR count). The normalized spacial score (nSPS) is 18.5. The number of Topliss-reactive ketones (excluding diaryl/α,β-unsaturated/α-hetero) is 1. The number of amides is 1. The lowest BCUT2D eigenvalue weighted by molar-refractivity contribution is -0.155. The quantitative estimate of drug-likeness (QED) is 0.574. The van der Waals surface area contributed by atoms with Crippen LogP contribution in [0.3, 0.4) is 0 Å². The molecule has 0 aromatic heterocycles. The van der Waals surface area contributed by atoms with Crippen molar-refractivity contribution in [2.75, 3.05) is 19.4 Å².